The molecule has 1 fully saturated rings. The second-order valence-corrected chi connectivity index (χ2v) is 4.05. The van der Waals surface area contributed by atoms with Crippen molar-refractivity contribution >= 4 is 0 Å². The Morgan fingerprint density at radius 2 is 2.47 bits per heavy atom. The number of rotatable bonds is 4. The van der Waals surface area contributed by atoms with Gasteiger partial charge in [0.25, 0.3) is 0 Å². The molecule has 82 valence electrons. The number of hydrogen-bond donors (Lipinski definition) is 1. The lowest BCUT2D eigenvalue weighted by atomic mass is 10.0. The molecule has 0 amide bonds. The van der Waals surface area contributed by atoms with E-state index in [1.54, 1.807) is 6.20 Å². The summed E-state index contributed by atoms with van der Waals surface area (Å²) in [4.78, 5) is 4.22. The molecule has 0 radical (unpaired) electrons. The van der Waals surface area contributed by atoms with Crippen molar-refractivity contribution in [3.63, 3.8) is 0 Å². The third kappa shape index (κ3) is 3.61. The molecular weight excluding hydrogens is 188 g/mol. The van der Waals surface area contributed by atoms with Gasteiger partial charge in [-0.25, -0.2) is 0 Å². The molecular formula is C12H18N2O. The summed E-state index contributed by atoms with van der Waals surface area (Å²) in [7, 11) is 0. The van der Waals surface area contributed by atoms with Crippen LogP contribution in [0.4, 0.5) is 0 Å². The fourth-order valence-corrected chi connectivity index (χ4v) is 1.88. The standard InChI is InChI=1S/C12H18N2O/c1-2-7-14-12(5-1)10-15-9-11-4-3-6-13-8-11/h1-2,5,7,11,13H,3-4,6,8-10H2/t11-/m0/s1. The molecule has 0 unspecified atom stereocenters. The molecule has 3 nitrogen and oxygen atoms in total. The Hall–Kier alpha value is -0.930. The van der Waals surface area contributed by atoms with Gasteiger partial charge < -0.3 is 10.1 Å². The predicted octanol–water partition coefficient (Wildman–Crippen LogP) is 1.60. The maximum Gasteiger partial charge on any atom is 0.0887 e. The summed E-state index contributed by atoms with van der Waals surface area (Å²) < 4.78 is 5.66. The summed E-state index contributed by atoms with van der Waals surface area (Å²) in [5.41, 5.74) is 1.02. The Kier molecular flexibility index (Phi) is 4.11. The summed E-state index contributed by atoms with van der Waals surface area (Å²) in [5, 5.41) is 3.39. The minimum absolute atomic E-state index is 0.636. The summed E-state index contributed by atoms with van der Waals surface area (Å²) in [6.45, 7) is 3.75. The Labute approximate surface area is 90.9 Å². The van der Waals surface area contributed by atoms with Crippen LogP contribution in [-0.4, -0.2) is 24.7 Å². The van der Waals surface area contributed by atoms with E-state index < -0.39 is 0 Å². The molecule has 1 aliphatic rings. The average molecular weight is 206 g/mol. The number of pyridine rings is 1. The van der Waals surface area contributed by atoms with E-state index >= 15 is 0 Å². The van der Waals surface area contributed by atoms with Gasteiger partial charge in [0.05, 0.1) is 18.9 Å². The van der Waals surface area contributed by atoms with Gasteiger partial charge in [-0.2, -0.15) is 0 Å². The molecule has 2 rings (SSSR count). The second-order valence-electron chi connectivity index (χ2n) is 4.05. The number of nitrogens with one attached hydrogen (secondary N) is 1. The Morgan fingerprint density at radius 3 is 3.20 bits per heavy atom. The molecule has 15 heavy (non-hydrogen) atoms. The van der Waals surface area contributed by atoms with E-state index in [-0.39, 0.29) is 0 Å². The highest BCUT2D eigenvalue weighted by Gasteiger charge is 2.12. The van der Waals surface area contributed by atoms with Crippen molar-refractivity contribution in [2.75, 3.05) is 19.7 Å². The van der Waals surface area contributed by atoms with Gasteiger partial charge in [-0.05, 0) is 37.4 Å². The number of nitrogens with zero attached hydrogens (tertiary/aromatic N) is 1. The van der Waals surface area contributed by atoms with Crippen LogP contribution in [-0.2, 0) is 11.3 Å². The number of piperidine rings is 1. The highest BCUT2D eigenvalue weighted by atomic mass is 16.5. The molecule has 0 bridgehead atoms. The molecule has 1 N–H and O–H groups in total. The summed E-state index contributed by atoms with van der Waals surface area (Å²) >= 11 is 0. The van der Waals surface area contributed by atoms with Crippen LogP contribution in [0, 0.1) is 5.92 Å². The fraction of sp³-hybridized carbons (Fsp3) is 0.583. The van der Waals surface area contributed by atoms with Crippen molar-refractivity contribution in [3.8, 4) is 0 Å². The van der Waals surface area contributed by atoms with Gasteiger partial charge in [0, 0.05) is 12.7 Å². The first kappa shape index (κ1) is 10.6. The zero-order valence-electron chi connectivity index (χ0n) is 8.98. The molecule has 3 heteroatoms. The molecule has 0 saturated carbocycles. The van der Waals surface area contributed by atoms with Crippen molar-refractivity contribution in [1.29, 1.82) is 0 Å². The lowest BCUT2D eigenvalue weighted by Crippen LogP contribution is -2.32. The van der Waals surface area contributed by atoms with Crippen molar-refractivity contribution in [1.82, 2.24) is 10.3 Å². The van der Waals surface area contributed by atoms with Crippen molar-refractivity contribution in [2.45, 2.75) is 19.4 Å². The zero-order chi connectivity index (χ0) is 10.3. The largest absolute Gasteiger partial charge is 0.375 e. The summed E-state index contributed by atoms with van der Waals surface area (Å²) in [5.74, 6) is 0.683. The molecule has 1 atom stereocenters. The first-order valence-electron chi connectivity index (χ1n) is 5.63. The quantitative estimate of drug-likeness (QED) is 0.812. The first-order valence-corrected chi connectivity index (χ1v) is 5.63. The summed E-state index contributed by atoms with van der Waals surface area (Å²) in [6, 6.07) is 5.92. The lowest BCUT2D eigenvalue weighted by molar-refractivity contribution is 0.0763. The molecule has 1 aromatic rings. The van der Waals surface area contributed by atoms with Crippen LogP contribution in [0.2, 0.25) is 0 Å². The predicted molar refractivity (Wildman–Crippen MR) is 59.5 cm³/mol. The van der Waals surface area contributed by atoms with E-state index in [9.17, 15) is 0 Å². The maximum atomic E-state index is 5.66. The monoisotopic (exact) mass is 206 g/mol. The van der Waals surface area contributed by atoms with Crippen LogP contribution in [0.3, 0.4) is 0 Å². The van der Waals surface area contributed by atoms with E-state index in [2.05, 4.69) is 10.3 Å². The Balaban J connectivity index is 1.66. The van der Waals surface area contributed by atoms with E-state index in [4.69, 9.17) is 4.74 Å². The molecule has 1 aromatic heterocycles. The SMILES string of the molecule is c1ccc(COC[C@H]2CCCNC2)nc1. The minimum atomic E-state index is 0.636. The van der Waals surface area contributed by atoms with E-state index in [1.807, 2.05) is 18.2 Å². The average Bonchev–Trinajstić information content (AvgIpc) is 2.32. The number of hydrogen-bond acceptors (Lipinski definition) is 3. The molecule has 2 heterocycles. The zero-order valence-corrected chi connectivity index (χ0v) is 8.98. The molecule has 1 aliphatic heterocycles. The van der Waals surface area contributed by atoms with Crippen LogP contribution in [0.25, 0.3) is 0 Å². The molecule has 0 spiro atoms. The van der Waals surface area contributed by atoms with Crippen LogP contribution >= 0.6 is 0 Å². The van der Waals surface area contributed by atoms with Gasteiger partial charge in [-0.3, -0.25) is 4.98 Å². The van der Waals surface area contributed by atoms with E-state index in [1.165, 1.54) is 12.8 Å². The number of ether oxygens (including phenoxy) is 1. The molecule has 1 saturated heterocycles. The van der Waals surface area contributed by atoms with Crippen LogP contribution in [0.15, 0.2) is 24.4 Å². The van der Waals surface area contributed by atoms with E-state index in [0.717, 1.165) is 25.4 Å². The lowest BCUT2D eigenvalue weighted by Gasteiger charge is -2.22. The van der Waals surface area contributed by atoms with Gasteiger partial charge in [0.15, 0.2) is 0 Å². The van der Waals surface area contributed by atoms with Gasteiger partial charge in [0.1, 0.15) is 0 Å². The first-order chi connectivity index (χ1) is 7.45. The Bertz CT molecular complexity index is 270. The smallest absolute Gasteiger partial charge is 0.0887 e. The van der Waals surface area contributed by atoms with Crippen LogP contribution in [0.5, 0.6) is 0 Å². The highest BCUT2D eigenvalue weighted by Crippen LogP contribution is 2.10. The van der Waals surface area contributed by atoms with Crippen LogP contribution in [0.1, 0.15) is 18.5 Å². The third-order valence-electron chi connectivity index (χ3n) is 2.73. The Morgan fingerprint density at radius 1 is 1.47 bits per heavy atom. The van der Waals surface area contributed by atoms with Gasteiger partial charge in [0.2, 0.25) is 0 Å². The highest BCUT2D eigenvalue weighted by molar-refractivity contribution is 5.01. The van der Waals surface area contributed by atoms with Gasteiger partial charge in [-0.15, -0.1) is 0 Å². The van der Waals surface area contributed by atoms with Crippen LogP contribution < -0.4 is 5.32 Å². The van der Waals surface area contributed by atoms with Gasteiger partial charge in [-0.1, -0.05) is 6.07 Å². The third-order valence-corrected chi connectivity index (χ3v) is 2.73. The topological polar surface area (TPSA) is 34.1 Å². The van der Waals surface area contributed by atoms with Crippen molar-refractivity contribution in [2.24, 2.45) is 5.92 Å². The maximum absolute atomic E-state index is 5.66. The number of aromatic nitrogens is 1. The fourth-order valence-electron chi connectivity index (χ4n) is 1.88. The second kappa shape index (κ2) is 5.83. The minimum Gasteiger partial charge on any atom is -0.375 e. The summed E-state index contributed by atoms with van der Waals surface area (Å²) in [6.07, 6.45) is 4.37. The molecule has 0 aromatic carbocycles. The normalized spacial score (nSPS) is 21.5. The van der Waals surface area contributed by atoms with Crippen molar-refractivity contribution in [3.05, 3.63) is 30.1 Å². The van der Waals surface area contributed by atoms with E-state index in [0.29, 0.717) is 12.5 Å². The molecule has 0 aliphatic carbocycles. The van der Waals surface area contributed by atoms with Gasteiger partial charge >= 0.3 is 0 Å². The van der Waals surface area contributed by atoms with Crippen molar-refractivity contribution < 1.29 is 4.74 Å².